The SMILES string of the molecule is CCC1(C)c2ccc(-n3cc(-c4scc5sc(C(=O)OC)cc45)nn3)cc2-c2cccc[n+]2C1(C)CC. The first-order valence-electron chi connectivity index (χ1n) is 12.5. The summed E-state index contributed by atoms with van der Waals surface area (Å²) >= 11 is 3.06. The summed E-state index contributed by atoms with van der Waals surface area (Å²) in [4.78, 5) is 13.6. The number of thiophene rings is 2. The van der Waals surface area contributed by atoms with E-state index in [2.05, 4.69) is 90.5 Å². The van der Waals surface area contributed by atoms with Gasteiger partial charge in [0.2, 0.25) is 5.69 Å². The molecule has 0 spiro atoms. The fourth-order valence-electron chi connectivity index (χ4n) is 5.89. The van der Waals surface area contributed by atoms with Crippen LogP contribution in [-0.4, -0.2) is 28.1 Å². The normalized spacial score (nSPS) is 20.6. The molecule has 0 bridgehead atoms. The van der Waals surface area contributed by atoms with Crippen molar-refractivity contribution in [2.45, 2.75) is 51.5 Å². The number of carbonyl (C=O) groups excluding carboxylic acids is 1. The molecule has 0 fully saturated rings. The molecule has 0 aliphatic carbocycles. The number of esters is 1. The fourth-order valence-corrected chi connectivity index (χ4v) is 8.00. The third kappa shape index (κ3) is 3.35. The number of rotatable bonds is 5. The van der Waals surface area contributed by atoms with Gasteiger partial charge in [-0.3, -0.25) is 0 Å². The van der Waals surface area contributed by atoms with Crippen molar-refractivity contribution in [1.82, 2.24) is 15.0 Å². The first-order valence-corrected chi connectivity index (χ1v) is 14.2. The molecule has 4 aromatic heterocycles. The zero-order valence-electron chi connectivity index (χ0n) is 21.6. The average molecular weight is 530 g/mol. The lowest BCUT2D eigenvalue weighted by Gasteiger charge is -2.46. The number of fused-ring (bicyclic) bond motifs is 4. The van der Waals surface area contributed by atoms with Gasteiger partial charge in [0, 0.05) is 40.9 Å². The average Bonchev–Trinajstić information content (AvgIpc) is 3.67. The summed E-state index contributed by atoms with van der Waals surface area (Å²) in [6.07, 6.45) is 6.28. The minimum atomic E-state index is -0.314. The largest absolute Gasteiger partial charge is 0.465 e. The lowest BCUT2D eigenvalue weighted by molar-refractivity contribution is -0.765. The number of aromatic nitrogens is 4. The van der Waals surface area contributed by atoms with Crippen molar-refractivity contribution in [3.05, 3.63) is 70.7 Å². The smallest absolute Gasteiger partial charge is 0.348 e. The van der Waals surface area contributed by atoms with Gasteiger partial charge in [0.05, 0.1) is 34.8 Å². The molecule has 0 saturated heterocycles. The molecule has 0 radical (unpaired) electrons. The van der Waals surface area contributed by atoms with E-state index in [1.54, 1.807) is 11.3 Å². The van der Waals surface area contributed by atoms with E-state index < -0.39 is 0 Å². The predicted molar refractivity (Wildman–Crippen MR) is 149 cm³/mol. The predicted octanol–water partition coefficient (Wildman–Crippen LogP) is 6.76. The van der Waals surface area contributed by atoms with Gasteiger partial charge < -0.3 is 4.74 Å². The molecule has 8 heteroatoms. The van der Waals surface area contributed by atoms with Crippen LogP contribution >= 0.6 is 22.7 Å². The maximum absolute atomic E-state index is 12.0. The molecule has 37 heavy (non-hydrogen) atoms. The van der Waals surface area contributed by atoms with E-state index in [9.17, 15) is 4.79 Å². The number of methoxy groups -OCH3 is 1. The number of hydrogen-bond acceptors (Lipinski definition) is 6. The van der Waals surface area contributed by atoms with Crippen LogP contribution < -0.4 is 4.57 Å². The molecule has 1 aromatic carbocycles. The Kier molecular flexibility index (Phi) is 5.58. The molecule has 0 saturated carbocycles. The van der Waals surface area contributed by atoms with Crippen LogP contribution in [-0.2, 0) is 15.7 Å². The highest BCUT2D eigenvalue weighted by molar-refractivity contribution is 7.25. The van der Waals surface area contributed by atoms with Crippen molar-refractivity contribution in [1.29, 1.82) is 0 Å². The van der Waals surface area contributed by atoms with Crippen molar-refractivity contribution in [3.63, 3.8) is 0 Å². The Bertz CT molecular complexity index is 1670. The molecule has 1 aliphatic rings. The second-order valence-corrected chi connectivity index (χ2v) is 12.0. The lowest BCUT2D eigenvalue weighted by atomic mass is 9.60. The van der Waals surface area contributed by atoms with Gasteiger partial charge >= 0.3 is 5.97 Å². The second kappa shape index (κ2) is 8.60. The number of carbonyl (C=O) groups is 1. The van der Waals surface area contributed by atoms with Crippen molar-refractivity contribution >= 4 is 38.7 Å². The minimum absolute atomic E-state index is 0.0129. The van der Waals surface area contributed by atoms with Gasteiger partial charge in [0.1, 0.15) is 10.6 Å². The Morgan fingerprint density at radius 2 is 1.97 bits per heavy atom. The first-order chi connectivity index (χ1) is 17.8. The molecule has 6 nitrogen and oxygen atoms in total. The molecule has 5 aromatic rings. The fraction of sp³-hybridized carbons (Fsp3) is 0.310. The molecule has 5 heterocycles. The van der Waals surface area contributed by atoms with E-state index in [0.717, 1.165) is 39.2 Å². The summed E-state index contributed by atoms with van der Waals surface area (Å²) in [5, 5.41) is 12.1. The molecule has 188 valence electrons. The van der Waals surface area contributed by atoms with E-state index in [-0.39, 0.29) is 16.9 Å². The molecule has 1 aliphatic heterocycles. The molecule has 2 unspecified atom stereocenters. The van der Waals surface area contributed by atoms with E-state index in [1.165, 1.54) is 35.3 Å². The van der Waals surface area contributed by atoms with Crippen LogP contribution in [0.4, 0.5) is 0 Å². The van der Waals surface area contributed by atoms with Crippen LogP contribution in [0.25, 0.3) is 37.6 Å². The van der Waals surface area contributed by atoms with E-state index >= 15 is 0 Å². The lowest BCUT2D eigenvalue weighted by Crippen LogP contribution is -2.67. The van der Waals surface area contributed by atoms with Crippen LogP contribution in [0.15, 0.2) is 60.2 Å². The molecule has 2 atom stereocenters. The molecule has 0 amide bonds. The number of hydrogen-bond donors (Lipinski definition) is 0. The van der Waals surface area contributed by atoms with Crippen LogP contribution in [0, 0.1) is 0 Å². The van der Waals surface area contributed by atoms with Crippen LogP contribution in [0.5, 0.6) is 0 Å². The van der Waals surface area contributed by atoms with Crippen molar-refractivity contribution < 1.29 is 14.1 Å². The number of benzene rings is 1. The van der Waals surface area contributed by atoms with Crippen molar-refractivity contribution in [2.75, 3.05) is 7.11 Å². The van der Waals surface area contributed by atoms with E-state index in [0.29, 0.717) is 4.88 Å². The van der Waals surface area contributed by atoms with Gasteiger partial charge in [0.25, 0.3) is 0 Å². The quantitative estimate of drug-likeness (QED) is 0.186. The first kappa shape index (κ1) is 24.0. The summed E-state index contributed by atoms with van der Waals surface area (Å²) in [6.45, 7) is 9.37. The Labute approximate surface area is 224 Å². The molecular weight excluding hydrogens is 500 g/mol. The molecular formula is C29H29N4O2S2+. The third-order valence-corrected chi connectivity index (χ3v) is 10.7. The number of nitrogens with zero attached hydrogens (tertiary/aromatic N) is 4. The molecule has 0 N–H and O–H groups in total. The number of ether oxygens (including phenoxy) is 1. The zero-order chi connectivity index (χ0) is 25.9. The van der Waals surface area contributed by atoms with Gasteiger partial charge in [-0.1, -0.05) is 25.1 Å². The monoisotopic (exact) mass is 529 g/mol. The highest BCUT2D eigenvalue weighted by Crippen LogP contribution is 2.49. The van der Waals surface area contributed by atoms with Gasteiger partial charge in [-0.05, 0) is 43.2 Å². The summed E-state index contributed by atoms with van der Waals surface area (Å²) in [5.41, 5.74) is 5.57. The highest BCUT2D eigenvalue weighted by atomic mass is 32.1. The van der Waals surface area contributed by atoms with Crippen LogP contribution in [0.3, 0.4) is 0 Å². The van der Waals surface area contributed by atoms with Crippen molar-refractivity contribution in [2.24, 2.45) is 0 Å². The summed E-state index contributed by atoms with van der Waals surface area (Å²) in [5.74, 6) is -0.314. The topological polar surface area (TPSA) is 60.9 Å². The minimum Gasteiger partial charge on any atom is -0.465 e. The molecule has 6 rings (SSSR count). The van der Waals surface area contributed by atoms with E-state index in [1.807, 2.05) is 16.9 Å². The Balaban J connectivity index is 1.45. The second-order valence-electron chi connectivity index (χ2n) is 9.99. The number of pyridine rings is 1. The highest BCUT2D eigenvalue weighted by Gasteiger charge is 2.56. The van der Waals surface area contributed by atoms with Crippen LogP contribution in [0.2, 0.25) is 0 Å². The zero-order valence-corrected chi connectivity index (χ0v) is 23.2. The Morgan fingerprint density at radius 3 is 2.73 bits per heavy atom. The van der Waals surface area contributed by atoms with Crippen molar-refractivity contribution in [3.8, 4) is 27.5 Å². The van der Waals surface area contributed by atoms with Gasteiger partial charge in [-0.2, -0.15) is 4.57 Å². The summed E-state index contributed by atoms with van der Waals surface area (Å²) in [7, 11) is 1.41. The summed E-state index contributed by atoms with van der Waals surface area (Å²) < 4.78 is 10.3. The van der Waals surface area contributed by atoms with Crippen LogP contribution in [0.1, 0.15) is 55.8 Å². The summed E-state index contributed by atoms with van der Waals surface area (Å²) in [6, 6.07) is 15.0. The van der Waals surface area contributed by atoms with E-state index in [4.69, 9.17) is 4.74 Å². The Morgan fingerprint density at radius 1 is 1.14 bits per heavy atom. The van der Waals surface area contributed by atoms with Gasteiger partial charge in [-0.25, -0.2) is 9.48 Å². The van der Waals surface area contributed by atoms with Gasteiger partial charge in [-0.15, -0.1) is 27.8 Å². The standard InChI is InChI=1S/C29H29N4O2S2/c1-6-28(3)21-12-11-18(14-19(21)23-10-8-9-13-32(23)29(28,4)7-2)33-16-22(30-31-33)26-20-15-24(27(34)35-5)37-25(20)17-36-26/h8-17H,6-7H2,1-5H3/q+1. The third-order valence-electron chi connectivity index (χ3n) is 8.52. The maximum atomic E-state index is 12.0. The Hall–Kier alpha value is -3.36. The maximum Gasteiger partial charge on any atom is 0.348 e. The van der Waals surface area contributed by atoms with Gasteiger partial charge in [0.15, 0.2) is 11.7 Å².